The molecule has 0 saturated heterocycles. The third-order valence-electron chi connectivity index (χ3n) is 4.17. The van der Waals surface area contributed by atoms with Crippen molar-refractivity contribution in [2.75, 3.05) is 24.8 Å². The summed E-state index contributed by atoms with van der Waals surface area (Å²) in [6, 6.07) is 7.98. The van der Waals surface area contributed by atoms with Crippen LogP contribution in [0.1, 0.15) is 11.3 Å². The molecule has 4 rings (SSSR count). The Hall–Kier alpha value is -2.48. The number of anilines is 1. The molecule has 0 bridgehead atoms. The van der Waals surface area contributed by atoms with Crippen molar-refractivity contribution in [1.29, 1.82) is 0 Å². The lowest BCUT2D eigenvalue weighted by Crippen LogP contribution is -2.30. The van der Waals surface area contributed by atoms with Gasteiger partial charge in [-0.1, -0.05) is 12.1 Å². The van der Waals surface area contributed by atoms with Gasteiger partial charge in [-0.2, -0.15) is 10.1 Å². The fourth-order valence-electron chi connectivity index (χ4n) is 2.94. The van der Waals surface area contributed by atoms with Crippen LogP contribution in [0.4, 0.5) is 5.82 Å². The summed E-state index contributed by atoms with van der Waals surface area (Å²) in [5, 5.41) is 8.52. The molecule has 3 heterocycles. The highest BCUT2D eigenvalue weighted by Gasteiger charge is 2.25. The largest absolute Gasteiger partial charge is 0.497 e. The zero-order valence-corrected chi connectivity index (χ0v) is 14.3. The Balaban J connectivity index is 1.74. The quantitative estimate of drug-likeness (QED) is 0.725. The first kappa shape index (κ1) is 15.1. The average molecular weight is 343 g/mol. The van der Waals surface area contributed by atoms with Crippen molar-refractivity contribution in [2.45, 2.75) is 18.1 Å². The highest BCUT2D eigenvalue weighted by molar-refractivity contribution is 7.84. The van der Waals surface area contributed by atoms with Crippen LogP contribution in [0.2, 0.25) is 0 Å². The molecule has 0 saturated carbocycles. The molecule has 1 aromatic carbocycles. The van der Waals surface area contributed by atoms with Gasteiger partial charge in [-0.25, -0.2) is 4.98 Å². The molecule has 1 unspecified atom stereocenters. The molecule has 0 radical (unpaired) electrons. The van der Waals surface area contributed by atoms with E-state index in [0.29, 0.717) is 10.8 Å². The fraction of sp³-hybridized carbons (Fsp3) is 0.312. The van der Waals surface area contributed by atoms with E-state index in [1.807, 2.05) is 24.3 Å². The number of ether oxygens (including phenoxy) is 1. The molecule has 124 valence electrons. The minimum atomic E-state index is -1.25. The SMILES string of the molecule is COc1ccc(CN2CCc3[nH]nc4nc(S(C)=O)nc2c34)cc1. The molecule has 0 spiro atoms. The third-order valence-corrected chi connectivity index (χ3v) is 4.87. The van der Waals surface area contributed by atoms with Gasteiger partial charge in [-0.15, -0.1) is 0 Å². The first-order valence-electron chi connectivity index (χ1n) is 7.62. The number of rotatable bonds is 4. The molecule has 0 aliphatic carbocycles. The van der Waals surface area contributed by atoms with Crippen LogP contribution in [0.15, 0.2) is 29.4 Å². The van der Waals surface area contributed by atoms with E-state index in [1.54, 1.807) is 13.4 Å². The van der Waals surface area contributed by atoms with Gasteiger partial charge in [-0.05, 0) is 17.7 Å². The first-order chi connectivity index (χ1) is 11.7. The summed E-state index contributed by atoms with van der Waals surface area (Å²) in [6.07, 6.45) is 2.44. The van der Waals surface area contributed by atoms with Crippen LogP contribution in [0.3, 0.4) is 0 Å². The Bertz CT molecular complexity index is 922. The predicted molar refractivity (Wildman–Crippen MR) is 91.8 cm³/mol. The van der Waals surface area contributed by atoms with Crippen LogP contribution in [0.5, 0.6) is 5.75 Å². The fourth-order valence-corrected chi connectivity index (χ4v) is 3.37. The molecule has 2 aromatic heterocycles. The van der Waals surface area contributed by atoms with E-state index in [9.17, 15) is 4.21 Å². The van der Waals surface area contributed by atoms with Gasteiger partial charge in [0.1, 0.15) is 11.6 Å². The molecule has 0 fully saturated rings. The van der Waals surface area contributed by atoms with Gasteiger partial charge in [0.15, 0.2) is 5.65 Å². The van der Waals surface area contributed by atoms with E-state index in [-0.39, 0.29) is 0 Å². The molecule has 1 atom stereocenters. The van der Waals surface area contributed by atoms with Crippen molar-refractivity contribution >= 4 is 27.7 Å². The molecule has 24 heavy (non-hydrogen) atoms. The van der Waals surface area contributed by atoms with E-state index >= 15 is 0 Å². The lowest BCUT2D eigenvalue weighted by Gasteiger charge is -2.28. The number of methoxy groups -OCH3 is 1. The predicted octanol–water partition coefficient (Wildman–Crippen LogP) is 1.66. The Labute approximate surface area is 141 Å². The molecule has 1 aliphatic rings. The number of aromatic amines is 1. The van der Waals surface area contributed by atoms with E-state index in [4.69, 9.17) is 4.74 Å². The third kappa shape index (κ3) is 2.52. The Morgan fingerprint density at radius 2 is 2.08 bits per heavy atom. The van der Waals surface area contributed by atoms with Gasteiger partial charge in [0.25, 0.3) is 0 Å². The second-order valence-electron chi connectivity index (χ2n) is 5.70. The van der Waals surface area contributed by atoms with Gasteiger partial charge in [-0.3, -0.25) is 9.31 Å². The summed E-state index contributed by atoms with van der Waals surface area (Å²) in [7, 11) is 0.408. The summed E-state index contributed by atoms with van der Waals surface area (Å²) in [5.74, 6) is 1.64. The van der Waals surface area contributed by atoms with Gasteiger partial charge in [0.2, 0.25) is 5.16 Å². The van der Waals surface area contributed by atoms with E-state index < -0.39 is 10.8 Å². The number of aromatic nitrogens is 4. The van der Waals surface area contributed by atoms with Gasteiger partial charge >= 0.3 is 0 Å². The van der Waals surface area contributed by atoms with Gasteiger partial charge in [0, 0.05) is 25.8 Å². The summed E-state index contributed by atoms with van der Waals surface area (Å²) in [4.78, 5) is 11.0. The maximum absolute atomic E-state index is 11.8. The second kappa shape index (κ2) is 5.86. The highest BCUT2D eigenvalue weighted by atomic mass is 32.2. The lowest BCUT2D eigenvalue weighted by molar-refractivity contribution is 0.414. The van der Waals surface area contributed by atoms with Crippen molar-refractivity contribution in [3.63, 3.8) is 0 Å². The number of H-pyrrole nitrogens is 1. The zero-order chi connectivity index (χ0) is 16.7. The maximum atomic E-state index is 11.8. The Kier molecular flexibility index (Phi) is 3.68. The van der Waals surface area contributed by atoms with E-state index in [0.717, 1.165) is 47.7 Å². The standard InChI is InChI=1S/C16H17N5O2S/c1-23-11-5-3-10(4-6-11)9-21-8-7-12-13-14(20-19-12)17-16(24(2)22)18-15(13)21/h3-6H,7-9H2,1-2H3,(H,17,18,19,20). The zero-order valence-electron chi connectivity index (χ0n) is 13.4. The summed E-state index contributed by atoms with van der Waals surface area (Å²) < 4.78 is 17.0. The van der Waals surface area contributed by atoms with Crippen LogP contribution < -0.4 is 9.64 Å². The number of nitrogens with one attached hydrogen (secondary N) is 1. The number of hydrogen-bond acceptors (Lipinski definition) is 6. The minimum absolute atomic E-state index is 0.317. The van der Waals surface area contributed by atoms with Crippen molar-refractivity contribution < 1.29 is 8.95 Å². The van der Waals surface area contributed by atoms with Gasteiger partial charge < -0.3 is 9.64 Å². The maximum Gasteiger partial charge on any atom is 0.222 e. The lowest BCUT2D eigenvalue weighted by atomic mass is 10.1. The number of nitrogens with zero attached hydrogens (tertiary/aromatic N) is 4. The van der Waals surface area contributed by atoms with Crippen LogP contribution in [0, 0.1) is 0 Å². The Morgan fingerprint density at radius 1 is 1.29 bits per heavy atom. The van der Waals surface area contributed by atoms with Crippen LogP contribution in [-0.2, 0) is 23.8 Å². The molecule has 1 N–H and O–H groups in total. The number of hydrogen-bond donors (Lipinski definition) is 1. The smallest absolute Gasteiger partial charge is 0.222 e. The second-order valence-corrected chi connectivity index (χ2v) is 6.98. The number of benzene rings is 1. The van der Waals surface area contributed by atoms with Gasteiger partial charge in [0.05, 0.1) is 29.0 Å². The van der Waals surface area contributed by atoms with Crippen molar-refractivity contribution in [3.8, 4) is 5.75 Å². The topological polar surface area (TPSA) is 84.0 Å². The summed E-state index contributed by atoms with van der Waals surface area (Å²) in [6.45, 7) is 1.54. The van der Waals surface area contributed by atoms with E-state index in [1.165, 1.54) is 0 Å². The highest BCUT2D eigenvalue weighted by Crippen LogP contribution is 2.32. The van der Waals surface area contributed by atoms with Crippen molar-refractivity contribution in [2.24, 2.45) is 0 Å². The molecule has 1 aliphatic heterocycles. The van der Waals surface area contributed by atoms with Crippen LogP contribution >= 0.6 is 0 Å². The molecular formula is C16H17N5O2S. The Morgan fingerprint density at radius 3 is 2.79 bits per heavy atom. The molecule has 8 heteroatoms. The normalized spacial score (nSPS) is 14.8. The summed E-state index contributed by atoms with van der Waals surface area (Å²) >= 11 is 0. The van der Waals surface area contributed by atoms with Crippen molar-refractivity contribution in [3.05, 3.63) is 35.5 Å². The van der Waals surface area contributed by atoms with Crippen LogP contribution in [-0.4, -0.2) is 44.3 Å². The molecular weight excluding hydrogens is 326 g/mol. The summed E-state index contributed by atoms with van der Waals surface area (Å²) in [5.41, 5.74) is 2.78. The van der Waals surface area contributed by atoms with E-state index in [2.05, 4.69) is 25.1 Å². The van der Waals surface area contributed by atoms with Crippen molar-refractivity contribution in [1.82, 2.24) is 20.2 Å². The first-order valence-corrected chi connectivity index (χ1v) is 9.18. The average Bonchev–Trinajstić information content (AvgIpc) is 3.02. The monoisotopic (exact) mass is 343 g/mol. The van der Waals surface area contributed by atoms with Crippen LogP contribution in [0.25, 0.3) is 11.0 Å². The molecule has 3 aromatic rings. The minimum Gasteiger partial charge on any atom is -0.497 e. The molecule has 7 nitrogen and oxygen atoms in total. The molecule has 0 amide bonds.